The number of H-pyrrole nitrogens is 2. The molecule has 0 fully saturated rings. The van der Waals surface area contributed by atoms with Gasteiger partial charge in [-0.25, -0.2) is 0 Å². The maximum absolute atomic E-state index is 13.3. The van der Waals surface area contributed by atoms with E-state index in [1.165, 1.54) is 15.5 Å². The molecule has 0 aliphatic rings. The average Bonchev–Trinajstić information content (AvgIpc) is 3.66. The van der Waals surface area contributed by atoms with Gasteiger partial charge in [0, 0.05) is 48.4 Å². The Morgan fingerprint density at radius 2 is 1.61 bits per heavy atom. The molecule has 0 spiro atoms. The molecular formula is C30H20N4OS. The lowest BCUT2D eigenvalue weighted by atomic mass is 10.0. The summed E-state index contributed by atoms with van der Waals surface area (Å²) in [6.45, 7) is 0. The van der Waals surface area contributed by atoms with Crippen LogP contribution >= 0.6 is 11.3 Å². The summed E-state index contributed by atoms with van der Waals surface area (Å²) in [6.07, 6.45) is 1.76. The summed E-state index contributed by atoms with van der Waals surface area (Å²) in [6, 6.07) is 32.5. The fourth-order valence-electron chi connectivity index (χ4n) is 4.66. The van der Waals surface area contributed by atoms with Gasteiger partial charge in [0.1, 0.15) is 0 Å². The van der Waals surface area contributed by atoms with E-state index >= 15 is 0 Å². The molecule has 4 aromatic carbocycles. The Morgan fingerprint density at radius 1 is 0.806 bits per heavy atom. The number of amides is 1. The summed E-state index contributed by atoms with van der Waals surface area (Å²) in [4.78, 5) is 17.8. The van der Waals surface area contributed by atoms with Gasteiger partial charge >= 0.3 is 0 Å². The second-order valence-corrected chi connectivity index (χ2v) is 9.89. The summed E-state index contributed by atoms with van der Waals surface area (Å²) in [7, 11) is 0. The molecule has 0 atom stereocenters. The van der Waals surface area contributed by atoms with Crippen LogP contribution in [-0.4, -0.2) is 21.1 Å². The molecule has 6 heteroatoms. The van der Waals surface area contributed by atoms with Crippen LogP contribution in [0.3, 0.4) is 0 Å². The Hall–Kier alpha value is -4.68. The first kappa shape index (κ1) is 20.7. The van der Waals surface area contributed by atoms with Crippen molar-refractivity contribution in [2.45, 2.75) is 0 Å². The molecular weight excluding hydrogens is 464 g/mol. The molecule has 172 valence electrons. The minimum absolute atomic E-state index is 0.154. The molecule has 3 N–H and O–H groups in total. The third-order valence-electron chi connectivity index (χ3n) is 6.49. The van der Waals surface area contributed by atoms with Crippen LogP contribution in [0.5, 0.6) is 0 Å². The highest BCUT2D eigenvalue weighted by Gasteiger charge is 2.15. The topological polar surface area (TPSA) is 73.6 Å². The third-order valence-corrected chi connectivity index (χ3v) is 7.64. The molecule has 3 aromatic heterocycles. The van der Waals surface area contributed by atoms with Crippen LogP contribution in [0.15, 0.2) is 103 Å². The molecule has 1 amide bonds. The smallest absolute Gasteiger partial charge is 0.255 e. The van der Waals surface area contributed by atoms with Crippen LogP contribution in [-0.2, 0) is 0 Å². The summed E-state index contributed by atoms with van der Waals surface area (Å²) in [5.41, 5.74) is 6.47. The number of rotatable bonds is 4. The van der Waals surface area contributed by atoms with E-state index in [0.717, 1.165) is 43.8 Å². The molecule has 0 aliphatic carbocycles. The van der Waals surface area contributed by atoms with E-state index in [1.54, 1.807) is 17.5 Å². The normalized spacial score (nSPS) is 11.4. The minimum atomic E-state index is -0.154. The maximum atomic E-state index is 13.3. The molecule has 0 aliphatic heterocycles. The summed E-state index contributed by atoms with van der Waals surface area (Å²) in [5, 5.41) is 13.6. The van der Waals surface area contributed by atoms with Gasteiger partial charge in [0.15, 0.2) is 0 Å². The number of aromatic amines is 2. The van der Waals surface area contributed by atoms with E-state index < -0.39 is 0 Å². The second kappa shape index (κ2) is 8.22. The number of nitrogens with one attached hydrogen (secondary N) is 3. The molecule has 0 saturated carbocycles. The maximum Gasteiger partial charge on any atom is 0.255 e. The lowest BCUT2D eigenvalue weighted by Gasteiger charge is -2.09. The Bertz CT molecular complexity index is 1830. The van der Waals surface area contributed by atoms with Crippen molar-refractivity contribution in [3.8, 4) is 21.7 Å². The largest absolute Gasteiger partial charge is 0.355 e. The monoisotopic (exact) mass is 484 g/mol. The number of aromatic nitrogens is 3. The number of thiophene rings is 1. The number of hydrogen-bond acceptors (Lipinski definition) is 3. The van der Waals surface area contributed by atoms with Crippen LogP contribution < -0.4 is 5.32 Å². The van der Waals surface area contributed by atoms with Gasteiger partial charge < -0.3 is 10.3 Å². The molecule has 36 heavy (non-hydrogen) atoms. The number of carbonyl (C=O) groups excluding carboxylic acids is 1. The number of hydrogen-bond donors (Lipinski definition) is 3. The average molecular weight is 485 g/mol. The van der Waals surface area contributed by atoms with Crippen molar-refractivity contribution in [3.05, 3.63) is 109 Å². The van der Waals surface area contributed by atoms with Crippen molar-refractivity contribution in [2.24, 2.45) is 0 Å². The van der Waals surface area contributed by atoms with Gasteiger partial charge in [-0.2, -0.15) is 5.10 Å². The SMILES string of the molecule is O=C(Nc1ccc(-c2cc3ccccc3[nH]2)cc1)c1cc(-c2cc3ccccc3s2)c2[nH]ncc2c1. The van der Waals surface area contributed by atoms with E-state index in [-0.39, 0.29) is 5.91 Å². The van der Waals surface area contributed by atoms with Crippen molar-refractivity contribution in [2.75, 3.05) is 5.32 Å². The number of nitrogens with zero attached hydrogens (tertiary/aromatic N) is 1. The molecule has 7 aromatic rings. The number of fused-ring (bicyclic) bond motifs is 3. The van der Waals surface area contributed by atoms with E-state index in [4.69, 9.17) is 0 Å². The van der Waals surface area contributed by atoms with Crippen molar-refractivity contribution in [1.82, 2.24) is 15.2 Å². The van der Waals surface area contributed by atoms with Gasteiger partial charge in [0.25, 0.3) is 5.91 Å². The molecule has 0 radical (unpaired) electrons. The van der Waals surface area contributed by atoms with Gasteiger partial charge in [0.05, 0.1) is 11.7 Å². The summed E-state index contributed by atoms with van der Waals surface area (Å²) >= 11 is 1.71. The Kier molecular flexibility index (Phi) is 4.72. The summed E-state index contributed by atoms with van der Waals surface area (Å²) in [5.74, 6) is -0.154. The van der Waals surface area contributed by atoms with Crippen LogP contribution in [0.2, 0.25) is 0 Å². The highest BCUT2D eigenvalue weighted by atomic mass is 32.1. The van der Waals surface area contributed by atoms with E-state index in [0.29, 0.717) is 5.56 Å². The van der Waals surface area contributed by atoms with Gasteiger partial charge in [-0.15, -0.1) is 11.3 Å². The minimum Gasteiger partial charge on any atom is -0.355 e. The number of carbonyl (C=O) groups is 1. The van der Waals surface area contributed by atoms with Gasteiger partial charge in [0.2, 0.25) is 0 Å². The highest BCUT2D eigenvalue weighted by Crippen LogP contribution is 2.37. The zero-order valence-electron chi connectivity index (χ0n) is 19.1. The lowest BCUT2D eigenvalue weighted by Crippen LogP contribution is -2.12. The molecule has 7 rings (SSSR count). The summed E-state index contributed by atoms with van der Waals surface area (Å²) < 4.78 is 1.21. The van der Waals surface area contributed by atoms with Crippen molar-refractivity contribution in [3.63, 3.8) is 0 Å². The highest BCUT2D eigenvalue weighted by molar-refractivity contribution is 7.22. The Balaban J connectivity index is 1.19. The van der Waals surface area contributed by atoms with Crippen molar-refractivity contribution >= 4 is 54.8 Å². The first-order valence-electron chi connectivity index (χ1n) is 11.7. The van der Waals surface area contributed by atoms with E-state index in [2.05, 4.69) is 56.9 Å². The van der Waals surface area contributed by atoms with Crippen molar-refractivity contribution in [1.29, 1.82) is 0 Å². The van der Waals surface area contributed by atoms with Crippen LogP contribution in [0.25, 0.3) is 53.6 Å². The Morgan fingerprint density at radius 3 is 2.44 bits per heavy atom. The number of anilines is 1. The molecule has 0 unspecified atom stereocenters. The quantitative estimate of drug-likeness (QED) is 0.238. The fourth-order valence-corrected chi connectivity index (χ4v) is 5.75. The Labute approximate surface area is 210 Å². The standard InChI is InChI=1S/C30H20N4OS/c35-30(32-23-11-9-18(10-12-23)26-15-19-5-1-3-7-25(19)33-26)21-13-22-17-31-34-29(22)24(14-21)28-16-20-6-2-4-8-27(20)36-28/h1-17,33H,(H,31,34)(H,32,35). The van der Waals surface area contributed by atoms with Gasteiger partial charge in [-0.05, 0) is 59.5 Å². The first-order chi connectivity index (χ1) is 17.7. The zero-order chi connectivity index (χ0) is 24.1. The number of para-hydroxylation sites is 1. The predicted octanol–water partition coefficient (Wildman–Crippen LogP) is 7.85. The van der Waals surface area contributed by atoms with E-state index in [9.17, 15) is 4.79 Å². The van der Waals surface area contributed by atoms with Crippen molar-refractivity contribution < 1.29 is 4.79 Å². The lowest BCUT2D eigenvalue weighted by molar-refractivity contribution is 0.102. The third kappa shape index (κ3) is 3.56. The molecule has 3 heterocycles. The van der Waals surface area contributed by atoms with Gasteiger partial charge in [-0.3, -0.25) is 9.89 Å². The predicted molar refractivity (Wildman–Crippen MR) is 149 cm³/mol. The van der Waals surface area contributed by atoms with Gasteiger partial charge in [-0.1, -0.05) is 48.5 Å². The van der Waals surface area contributed by atoms with Crippen LogP contribution in [0, 0.1) is 0 Å². The molecule has 0 saturated heterocycles. The van der Waals surface area contributed by atoms with Crippen LogP contribution in [0.1, 0.15) is 10.4 Å². The fraction of sp³-hybridized carbons (Fsp3) is 0. The van der Waals surface area contributed by atoms with E-state index in [1.807, 2.05) is 60.7 Å². The molecule has 0 bridgehead atoms. The number of benzene rings is 4. The zero-order valence-corrected chi connectivity index (χ0v) is 19.9. The second-order valence-electron chi connectivity index (χ2n) is 8.81. The molecule has 5 nitrogen and oxygen atoms in total. The van der Waals surface area contributed by atoms with Crippen LogP contribution in [0.4, 0.5) is 5.69 Å². The first-order valence-corrected chi connectivity index (χ1v) is 12.5.